The van der Waals surface area contributed by atoms with Crippen molar-refractivity contribution in [1.82, 2.24) is 4.90 Å². The molecule has 0 aliphatic heterocycles. The third kappa shape index (κ3) is 3.35. The number of aryl methyl sites for hydroxylation is 1. The van der Waals surface area contributed by atoms with Crippen LogP contribution in [-0.4, -0.2) is 42.9 Å². The molecule has 0 spiro atoms. The third-order valence-electron chi connectivity index (χ3n) is 4.14. The number of hydrogen-bond acceptors (Lipinski definition) is 3. The summed E-state index contributed by atoms with van der Waals surface area (Å²) in [6.45, 7) is 4.71. The Bertz CT molecular complexity index is 394. The molecule has 1 aromatic carbocycles. The highest BCUT2D eigenvalue weighted by Crippen LogP contribution is 2.31. The standard InChI is InChI=1S/C16H25NO2/c1-3-17(11-12-19-2)15-10-6-8-13-7-4-5-9-14(13)16(15)18/h4-5,7,9,15-16,18H,3,6,8,10-12H2,1-2H3. The first-order valence-corrected chi connectivity index (χ1v) is 7.26. The zero-order chi connectivity index (χ0) is 13.7. The van der Waals surface area contributed by atoms with Crippen molar-refractivity contribution in [2.75, 3.05) is 26.8 Å². The number of ether oxygens (including phenoxy) is 1. The lowest BCUT2D eigenvalue weighted by atomic mass is 9.98. The third-order valence-corrected chi connectivity index (χ3v) is 4.14. The Morgan fingerprint density at radius 2 is 2.16 bits per heavy atom. The molecule has 1 aliphatic carbocycles. The summed E-state index contributed by atoms with van der Waals surface area (Å²) in [5, 5.41) is 10.7. The van der Waals surface area contributed by atoms with E-state index in [0.29, 0.717) is 0 Å². The predicted molar refractivity (Wildman–Crippen MR) is 77.3 cm³/mol. The van der Waals surface area contributed by atoms with E-state index in [1.54, 1.807) is 7.11 Å². The summed E-state index contributed by atoms with van der Waals surface area (Å²) >= 11 is 0. The number of hydrogen-bond donors (Lipinski definition) is 1. The molecular weight excluding hydrogens is 238 g/mol. The zero-order valence-electron chi connectivity index (χ0n) is 12.0. The summed E-state index contributed by atoms with van der Waals surface area (Å²) in [5.74, 6) is 0. The van der Waals surface area contributed by atoms with Crippen molar-refractivity contribution in [3.8, 4) is 0 Å². The fraction of sp³-hybridized carbons (Fsp3) is 0.625. The highest BCUT2D eigenvalue weighted by molar-refractivity contribution is 5.31. The van der Waals surface area contributed by atoms with Gasteiger partial charge in [-0.3, -0.25) is 4.90 Å². The molecule has 0 heterocycles. The maximum absolute atomic E-state index is 10.7. The second-order valence-corrected chi connectivity index (χ2v) is 5.22. The average molecular weight is 263 g/mol. The van der Waals surface area contributed by atoms with Gasteiger partial charge in [-0.1, -0.05) is 31.2 Å². The van der Waals surface area contributed by atoms with Crippen molar-refractivity contribution in [3.05, 3.63) is 35.4 Å². The van der Waals surface area contributed by atoms with Crippen molar-refractivity contribution < 1.29 is 9.84 Å². The molecule has 1 aromatic rings. The average Bonchev–Trinajstić information content (AvgIpc) is 2.61. The Kier molecular flexibility index (Phi) is 5.37. The number of likely N-dealkylation sites (N-methyl/N-ethyl adjacent to an activating group) is 1. The predicted octanol–water partition coefficient (Wildman–Crippen LogP) is 2.39. The Labute approximate surface area is 116 Å². The minimum absolute atomic E-state index is 0.212. The van der Waals surface area contributed by atoms with Crippen LogP contribution in [0.15, 0.2) is 24.3 Å². The van der Waals surface area contributed by atoms with Gasteiger partial charge in [-0.2, -0.15) is 0 Å². The summed E-state index contributed by atoms with van der Waals surface area (Å²) < 4.78 is 5.18. The molecule has 0 aromatic heterocycles. The summed E-state index contributed by atoms with van der Waals surface area (Å²) in [5.41, 5.74) is 2.42. The lowest BCUT2D eigenvalue weighted by Crippen LogP contribution is -2.41. The topological polar surface area (TPSA) is 32.7 Å². The van der Waals surface area contributed by atoms with Gasteiger partial charge in [-0.05, 0) is 36.9 Å². The molecule has 0 amide bonds. The fourth-order valence-electron chi connectivity index (χ4n) is 3.07. The minimum Gasteiger partial charge on any atom is -0.387 e. The first kappa shape index (κ1) is 14.5. The van der Waals surface area contributed by atoms with Crippen LogP contribution in [0.5, 0.6) is 0 Å². The van der Waals surface area contributed by atoms with Crippen molar-refractivity contribution in [2.24, 2.45) is 0 Å². The van der Waals surface area contributed by atoms with Gasteiger partial charge < -0.3 is 9.84 Å². The van der Waals surface area contributed by atoms with Crippen LogP contribution in [-0.2, 0) is 11.2 Å². The number of fused-ring (bicyclic) bond motifs is 1. The molecule has 1 N–H and O–H groups in total. The van der Waals surface area contributed by atoms with Crippen LogP contribution < -0.4 is 0 Å². The molecule has 0 saturated carbocycles. The number of aliphatic hydroxyl groups is 1. The van der Waals surface area contributed by atoms with Gasteiger partial charge in [-0.25, -0.2) is 0 Å². The largest absolute Gasteiger partial charge is 0.387 e. The van der Waals surface area contributed by atoms with E-state index in [9.17, 15) is 5.11 Å². The van der Waals surface area contributed by atoms with Gasteiger partial charge in [0.05, 0.1) is 12.7 Å². The van der Waals surface area contributed by atoms with Crippen LogP contribution in [0.1, 0.15) is 37.0 Å². The van der Waals surface area contributed by atoms with Gasteiger partial charge in [0.25, 0.3) is 0 Å². The van der Waals surface area contributed by atoms with Gasteiger partial charge in [0.1, 0.15) is 0 Å². The highest BCUT2D eigenvalue weighted by Gasteiger charge is 2.29. The Balaban J connectivity index is 2.17. The van der Waals surface area contributed by atoms with E-state index < -0.39 is 0 Å². The van der Waals surface area contributed by atoms with Crippen LogP contribution in [0.4, 0.5) is 0 Å². The Morgan fingerprint density at radius 1 is 1.37 bits per heavy atom. The number of rotatable bonds is 5. The molecule has 2 rings (SSSR count). The minimum atomic E-state index is -0.379. The molecular formula is C16H25NO2. The molecule has 19 heavy (non-hydrogen) atoms. The second-order valence-electron chi connectivity index (χ2n) is 5.22. The number of aliphatic hydroxyl groups excluding tert-OH is 1. The molecule has 2 atom stereocenters. The molecule has 0 radical (unpaired) electrons. The lowest BCUT2D eigenvalue weighted by molar-refractivity contribution is 0.0328. The van der Waals surface area contributed by atoms with Gasteiger partial charge >= 0.3 is 0 Å². The van der Waals surface area contributed by atoms with E-state index in [1.165, 1.54) is 5.56 Å². The van der Waals surface area contributed by atoms with Crippen LogP contribution in [0, 0.1) is 0 Å². The Hall–Kier alpha value is -0.900. The highest BCUT2D eigenvalue weighted by atomic mass is 16.5. The van der Waals surface area contributed by atoms with E-state index >= 15 is 0 Å². The zero-order valence-corrected chi connectivity index (χ0v) is 12.0. The molecule has 0 saturated heterocycles. The molecule has 2 unspecified atom stereocenters. The van der Waals surface area contributed by atoms with Crippen molar-refractivity contribution in [3.63, 3.8) is 0 Å². The van der Waals surface area contributed by atoms with Crippen LogP contribution in [0.2, 0.25) is 0 Å². The van der Waals surface area contributed by atoms with E-state index in [2.05, 4.69) is 30.0 Å². The molecule has 1 aliphatic rings. The van der Waals surface area contributed by atoms with Crippen molar-refractivity contribution in [1.29, 1.82) is 0 Å². The molecule has 106 valence electrons. The van der Waals surface area contributed by atoms with E-state index in [1.807, 2.05) is 6.07 Å². The maximum atomic E-state index is 10.7. The van der Waals surface area contributed by atoms with Crippen molar-refractivity contribution in [2.45, 2.75) is 38.3 Å². The monoisotopic (exact) mass is 263 g/mol. The van der Waals surface area contributed by atoms with Gasteiger partial charge in [-0.15, -0.1) is 0 Å². The summed E-state index contributed by atoms with van der Waals surface area (Å²) in [6.07, 6.45) is 2.89. The van der Waals surface area contributed by atoms with Gasteiger partial charge in [0.2, 0.25) is 0 Å². The van der Waals surface area contributed by atoms with Crippen molar-refractivity contribution >= 4 is 0 Å². The second kappa shape index (κ2) is 7.04. The van der Waals surface area contributed by atoms with Crippen LogP contribution in [0.3, 0.4) is 0 Å². The van der Waals surface area contributed by atoms with Gasteiger partial charge in [0, 0.05) is 19.7 Å². The quantitative estimate of drug-likeness (QED) is 0.828. The van der Waals surface area contributed by atoms with Crippen LogP contribution in [0.25, 0.3) is 0 Å². The number of benzene rings is 1. The summed E-state index contributed by atoms with van der Waals surface area (Å²) in [6, 6.07) is 8.52. The number of nitrogens with zero attached hydrogens (tertiary/aromatic N) is 1. The normalized spacial score (nSPS) is 23.2. The van der Waals surface area contributed by atoms with Crippen LogP contribution >= 0.6 is 0 Å². The lowest BCUT2D eigenvalue weighted by Gasteiger charge is -2.33. The molecule has 0 fully saturated rings. The maximum Gasteiger partial charge on any atom is 0.0947 e. The molecule has 0 bridgehead atoms. The SMILES string of the molecule is CCN(CCOC)C1CCCc2ccccc2C1O. The van der Waals surface area contributed by atoms with E-state index in [-0.39, 0.29) is 12.1 Å². The Morgan fingerprint density at radius 3 is 2.89 bits per heavy atom. The first-order chi connectivity index (χ1) is 9.27. The molecule has 3 nitrogen and oxygen atoms in total. The molecule has 3 heteroatoms. The smallest absolute Gasteiger partial charge is 0.0947 e. The fourth-order valence-corrected chi connectivity index (χ4v) is 3.07. The number of methoxy groups -OCH3 is 1. The van der Waals surface area contributed by atoms with E-state index in [4.69, 9.17) is 4.74 Å². The summed E-state index contributed by atoms with van der Waals surface area (Å²) in [7, 11) is 1.73. The van der Waals surface area contributed by atoms with Gasteiger partial charge in [0.15, 0.2) is 0 Å². The first-order valence-electron chi connectivity index (χ1n) is 7.26. The van der Waals surface area contributed by atoms with E-state index in [0.717, 1.165) is 44.5 Å². The summed E-state index contributed by atoms with van der Waals surface area (Å²) in [4.78, 5) is 2.34.